The minimum atomic E-state index is -4.33. The van der Waals surface area contributed by atoms with Crippen molar-refractivity contribution in [1.82, 2.24) is 9.71 Å². The molecule has 2 aliphatic rings. The Kier molecular flexibility index (Phi) is 5.72. The Labute approximate surface area is 180 Å². The molecule has 1 aromatic carbocycles. The van der Waals surface area contributed by atoms with Crippen molar-refractivity contribution in [3.63, 3.8) is 0 Å². The molecule has 0 aliphatic heterocycles. The summed E-state index contributed by atoms with van der Waals surface area (Å²) in [6.07, 6.45) is 2.29. The van der Waals surface area contributed by atoms with Crippen LogP contribution in [0.25, 0.3) is 0 Å². The van der Waals surface area contributed by atoms with Crippen LogP contribution in [-0.2, 0) is 14.8 Å². The van der Waals surface area contributed by atoms with Crippen LogP contribution < -0.4 is 9.46 Å². The van der Waals surface area contributed by atoms with Gasteiger partial charge in [0.05, 0.1) is 0 Å². The first-order valence-corrected chi connectivity index (χ1v) is 11.8. The van der Waals surface area contributed by atoms with Gasteiger partial charge in [-0.2, -0.15) is 12.8 Å². The van der Waals surface area contributed by atoms with E-state index in [0.29, 0.717) is 44.3 Å². The highest BCUT2D eigenvalue weighted by Crippen LogP contribution is 2.45. The Morgan fingerprint density at radius 3 is 2.52 bits per heavy atom. The number of carbonyl (C=O) groups is 1. The molecule has 2 saturated carbocycles. The van der Waals surface area contributed by atoms with Gasteiger partial charge < -0.3 is 4.74 Å². The second kappa shape index (κ2) is 8.18. The molecule has 2 fully saturated rings. The van der Waals surface area contributed by atoms with Crippen molar-refractivity contribution in [2.45, 2.75) is 68.2 Å². The standard InChI is InChI=1S/C22H24F2N2O4S/c1-14-5-10-17(15-6-8-16(23)9-7-15)18(13-14)30-22(11-12-22)21(27)26-31(28,29)20-4-2-3-19(24)25-20/h2-5,10,13,15-16H,6-9,11-12H2,1H3,(H,26,27)/t15-,16+. The molecule has 9 heteroatoms. The highest BCUT2D eigenvalue weighted by atomic mass is 32.2. The van der Waals surface area contributed by atoms with Crippen LogP contribution in [-0.4, -0.2) is 31.1 Å². The quantitative estimate of drug-likeness (QED) is 0.674. The molecule has 6 nitrogen and oxygen atoms in total. The first kappa shape index (κ1) is 21.7. The second-order valence-electron chi connectivity index (χ2n) is 8.32. The maximum atomic E-state index is 13.6. The van der Waals surface area contributed by atoms with Crippen LogP contribution >= 0.6 is 0 Å². The Bertz CT molecular complexity index is 1090. The van der Waals surface area contributed by atoms with Crippen molar-refractivity contribution in [3.8, 4) is 5.75 Å². The third-order valence-electron chi connectivity index (χ3n) is 5.88. The lowest BCUT2D eigenvalue weighted by Crippen LogP contribution is -2.43. The number of nitrogens with one attached hydrogen (secondary N) is 1. The topological polar surface area (TPSA) is 85.4 Å². The van der Waals surface area contributed by atoms with E-state index in [-0.39, 0.29) is 5.92 Å². The molecule has 0 saturated heterocycles. The predicted molar refractivity (Wildman–Crippen MR) is 109 cm³/mol. The lowest BCUT2D eigenvalue weighted by atomic mass is 9.82. The van der Waals surface area contributed by atoms with Crippen molar-refractivity contribution >= 4 is 15.9 Å². The lowest BCUT2D eigenvalue weighted by Gasteiger charge is -2.28. The number of hydrogen-bond acceptors (Lipinski definition) is 5. The average molecular weight is 451 g/mol. The number of alkyl halides is 1. The van der Waals surface area contributed by atoms with E-state index >= 15 is 0 Å². The zero-order valence-electron chi connectivity index (χ0n) is 17.1. The van der Waals surface area contributed by atoms with Crippen LogP contribution in [0.1, 0.15) is 55.6 Å². The number of nitrogens with zero attached hydrogens (tertiary/aromatic N) is 1. The summed E-state index contributed by atoms with van der Waals surface area (Å²) in [4.78, 5) is 16.2. The zero-order chi connectivity index (χ0) is 22.2. The largest absolute Gasteiger partial charge is 0.477 e. The summed E-state index contributed by atoms with van der Waals surface area (Å²) in [7, 11) is -4.33. The van der Waals surface area contributed by atoms with Crippen molar-refractivity contribution in [1.29, 1.82) is 0 Å². The fourth-order valence-corrected chi connectivity index (χ4v) is 4.94. The summed E-state index contributed by atoms with van der Waals surface area (Å²) < 4.78 is 59.9. The number of hydrogen-bond donors (Lipinski definition) is 1. The molecule has 0 radical (unpaired) electrons. The Morgan fingerprint density at radius 2 is 1.87 bits per heavy atom. The van der Waals surface area contributed by atoms with Gasteiger partial charge in [0.2, 0.25) is 5.95 Å². The van der Waals surface area contributed by atoms with Crippen LogP contribution in [0.15, 0.2) is 41.4 Å². The minimum absolute atomic E-state index is 0.127. The van der Waals surface area contributed by atoms with E-state index in [1.54, 1.807) is 0 Å². The maximum Gasteiger partial charge on any atom is 0.281 e. The van der Waals surface area contributed by atoms with Gasteiger partial charge in [-0.3, -0.25) is 4.79 Å². The summed E-state index contributed by atoms with van der Waals surface area (Å²) in [6.45, 7) is 1.90. The summed E-state index contributed by atoms with van der Waals surface area (Å²) in [5, 5.41) is -0.573. The third-order valence-corrected chi connectivity index (χ3v) is 7.11. The number of aromatic nitrogens is 1. The van der Waals surface area contributed by atoms with Crippen molar-refractivity contribution in [2.75, 3.05) is 0 Å². The van der Waals surface area contributed by atoms with E-state index < -0.39 is 38.7 Å². The van der Waals surface area contributed by atoms with Gasteiger partial charge in [-0.1, -0.05) is 18.2 Å². The van der Waals surface area contributed by atoms with Gasteiger partial charge >= 0.3 is 0 Å². The number of aryl methyl sites for hydroxylation is 1. The monoisotopic (exact) mass is 450 g/mol. The van der Waals surface area contributed by atoms with Crippen molar-refractivity contribution < 1.29 is 26.7 Å². The molecule has 0 spiro atoms. The Hall–Kier alpha value is -2.55. The van der Waals surface area contributed by atoms with E-state index in [2.05, 4.69) is 4.98 Å². The number of sulfonamides is 1. The van der Waals surface area contributed by atoms with Gasteiger partial charge in [0.15, 0.2) is 10.6 Å². The van der Waals surface area contributed by atoms with Crippen molar-refractivity contribution in [2.24, 2.45) is 0 Å². The third kappa shape index (κ3) is 4.71. The first-order chi connectivity index (χ1) is 14.7. The normalized spacial score (nSPS) is 22.5. The molecule has 31 heavy (non-hydrogen) atoms. The fourth-order valence-electron chi connectivity index (χ4n) is 3.94. The number of amides is 1. The van der Waals surface area contributed by atoms with Crippen LogP contribution in [0.5, 0.6) is 5.75 Å². The van der Waals surface area contributed by atoms with E-state index in [4.69, 9.17) is 4.74 Å². The number of carbonyl (C=O) groups excluding carboxylic acids is 1. The highest BCUT2D eigenvalue weighted by Gasteiger charge is 2.54. The van der Waals surface area contributed by atoms with Gasteiger partial charge in [-0.15, -0.1) is 0 Å². The molecule has 2 aromatic rings. The number of benzene rings is 1. The Balaban J connectivity index is 1.54. The molecule has 0 bridgehead atoms. The molecule has 0 unspecified atom stereocenters. The van der Waals surface area contributed by atoms with Gasteiger partial charge in [0.25, 0.3) is 15.9 Å². The van der Waals surface area contributed by atoms with E-state index in [9.17, 15) is 22.0 Å². The summed E-state index contributed by atoms with van der Waals surface area (Å²) >= 11 is 0. The average Bonchev–Trinajstić information content (AvgIpc) is 3.50. The molecule has 1 N–H and O–H groups in total. The lowest BCUT2D eigenvalue weighted by molar-refractivity contribution is -0.128. The number of pyridine rings is 1. The van der Waals surface area contributed by atoms with Crippen LogP contribution in [0.3, 0.4) is 0 Å². The highest BCUT2D eigenvalue weighted by molar-refractivity contribution is 7.90. The van der Waals surface area contributed by atoms with E-state index in [0.717, 1.165) is 23.3 Å². The minimum Gasteiger partial charge on any atom is -0.477 e. The molecule has 166 valence electrons. The molecule has 1 heterocycles. The molecule has 1 aromatic heterocycles. The summed E-state index contributed by atoms with van der Waals surface area (Å²) in [5.74, 6) is -1.11. The van der Waals surface area contributed by atoms with Crippen molar-refractivity contribution in [3.05, 3.63) is 53.5 Å². The number of ether oxygens (including phenoxy) is 1. The predicted octanol–water partition coefficient (Wildman–Crippen LogP) is 3.94. The van der Waals surface area contributed by atoms with E-state index in [1.807, 2.05) is 29.8 Å². The summed E-state index contributed by atoms with van der Waals surface area (Å²) in [5.41, 5.74) is 0.539. The summed E-state index contributed by atoms with van der Waals surface area (Å²) in [6, 6.07) is 9.04. The molecule has 2 aliphatic carbocycles. The molecular weight excluding hydrogens is 426 g/mol. The first-order valence-electron chi connectivity index (χ1n) is 10.3. The molecule has 1 amide bonds. The fraction of sp³-hybridized carbons (Fsp3) is 0.455. The zero-order valence-corrected chi connectivity index (χ0v) is 17.9. The van der Waals surface area contributed by atoms with Gasteiger partial charge in [0, 0.05) is 12.8 Å². The van der Waals surface area contributed by atoms with Crippen LogP contribution in [0.4, 0.5) is 8.78 Å². The number of halogens is 2. The van der Waals surface area contributed by atoms with Gasteiger partial charge in [-0.05, 0) is 67.9 Å². The molecular formula is C22H24F2N2O4S. The van der Waals surface area contributed by atoms with E-state index in [1.165, 1.54) is 6.07 Å². The van der Waals surface area contributed by atoms with Gasteiger partial charge in [-0.25, -0.2) is 14.1 Å². The van der Waals surface area contributed by atoms with Gasteiger partial charge in [0.1, 0.15) is 11.9 Å². The Morgan fingerprint density at radius 1 is 1.16 bits per heavy atom. The molecule has 0 atom stereocenters. The molecule has 4 rings (SSSR count). The number of rotatable bonds is 6. The smallest absolute Gasteiger partial charge is 0.281 e. The maximum absolute atomic E-state index is 13.6. The second-order valence-corrected chi connectivity index (χ2v) is 9.95. The SMILES string of the molecule is Cc1ccc([C@H]2CC[C@@H](F)CC2)c(OC2(C(=O)NS(=O)(=O)c3cccc(F)n3)CC2)c1. The van der Waals surface area contributed by atoms with Crippen LogP contribution in [0, 0.1) is 12.9 Å². The van der Waals surface area contributed by atoms with Crippen LogP contribution in [0.2, 0.25) is 0 Å².